The minimum Gasteiger partial charge on any atom is -0.494 e. The fourth-order valence-corrected chi connectivity index (χ4v) is 1.85. The molecule has 1 aromatic carbocycles. The molecular weight excluding hydrogens is 282 g/mol. The number of hydrogen-bond acceptors (Lipinski definition) is 4. The molecular formula is C17H23NO4. The van der Waals surface area contributed by atoms with Gasteiger partial charge < -0.3 is 14.8 Å². The Balaban J connectivity index is 1.82. The van der Waals surface area contributed by atoms with Crippen LogP contribution in [0.1, 0.15) is 49.9 Å². The van der Waals surface area contributed by atoms with Crippen LogP contribution in [0.5, 0.6) is 5.75 Å². The van der Waals surface area contributed by atoms with E-state index in [0.29, 0.717) is 12.2 Å². The summed E-state index contributed by atoms with van der Waals surface area (Å²) in [7, 11) is 0. The molecule has 1 aromatic rings. The van der Waals surface area contributed by atoms with E-state index in [0.717, 1.165) is 31.4 Å². The van der Waals surface area contributed by atoms with Gasteiger partial charge in [-0.25, -0.2) is 4.79 Å². The predicted molar refractivity (Wildman–Crippen MR) is 82.9 cm³/mol. The molecule has 2 rings (SSSR count). The number of rotatable bonds is 8. The van der Waals surface area contributed by atoms with Crippen molar-refractivity contribution in [1.29, 1.82) is 0 Å². The number of hydrogen-bond donors (Lipinski definition) is 1. The summed E-state index contributed by atoms with van der Waals surface area (Å²) in [4.78, 5) is 23.7. The summed E-state index contributed by atoms with van der Waals surface area (Å²) in [6, 6.07) is 7.03. The molecule has 5 nitrogen and oxygen atoms in total. The Morgan fingerprint density at radius 1 is 1.27 bits per heavy atom. The predicted octanol–water partition coefficient (Wildman–Crippen LogP) is 2.69. The molecule has 1 N–H and O–H groups in total. The Bertz CT molecular complexity index is 508. The van der Waals surface area contributed by atoms with Crippen LogP contribution in [0.15, 0.2) is 24.3 Å². The van der Waals surface area contributed by atoms with E-state index in [2.05, 4.69) is 12.2 Å². The molecule has 0 bridgehead atoms. The molecule has 22 heavy (non-hydrogen) atoms. The topological polar surface area (TPSA) is 64.6 Å². The first-order valence-corrected chi connectivity index (χ1v) is 7.84. The number of ether oxygens (including phenoxy) is 2. The van der Waals surface area contributed by atoms with E-state index < -0.39 is 12.1 Å². The van der Waals surface area contributed by atoms with Crippen molar-refractivity contribution >= 4 is 11.9 Å². The van der Waals surface area contributed by atoms with Crippen LogP contribution in [0, 0.1) is 0 Å². The van der Waals surface area contributed by atoms with Gasteiger partial charge in [0.1, 0.15) is 5.75 Å². The molecule has 1 aliphatic rings. The Morgan fingerprint density at radius 2 is 1.95 bits per heavy atom. The molecule has 0 aromatic heterocycles. The fourth-order valence-electron chi connectivity index (χ4n) is 1.85. The Kier molecular flexibility index (Phi) is 5.81. The molecule has 1 aliphatic carbocycles. The maximum Gasteiger partial charge on any atom is 0.338 e. The quantitative estimate of drug-likeness (QED) is 0.592. The van der Waals surface area contributed by atoms with Crippen LogP contribution in [-0.2, 0) is 9.53 Å². The molecule has 0 radical (unpaired) electrons. The molecule has 0 saturated heterocycles. The van der Waals surface area contributed by atoms with Gasteiger partial charge in [0.05, 0.1) is 12.2 Å². The standard InChI is InChI=1S/C17H23NO4/c1-3-4-11-21-15-9-5-13(6-10-15)17(20)22-12(2)16(19)18-14-7-8-14/h5-6,9-10,12,14H,3-4,7-8,11H2,1-2H3,(H,18,19)/t12-/m1/s1. The minimum absolute atomic E-state index is 0.240. The molecule has 0 spiro atoms. The van der Waals surface area contributed by atoms with Crippen LogP contribution in [0.4, 0.5) is 0 Å². The van der Waals surface area contributed by atoms with Gasteiger partial charge in [-0.1, -0.05) is 13.3 Å². The van der Waals surface area contributed by atoms with Gasteiger partial charge in [0.25, 0.3) is 5.91 Å². The second-order valence-electron chi connectivity index (χ2n) is 5.56. The van der Waals surface area contributed by atoms with E-state index in [4.69, 9.17) is 9.47 Å². The molecule has 1 amide bonds. The van der Waals surface area contributed by atoms with Gasteiger partial charge in [-0.3, -0.25) is 4.79 Å². The number of carbonyl (C=O) groups excluding carboxylic acids is 2. The third-order valence-electron chi connectivity index (χ3n) is 3.43. The molecule has 1 fully saturated rings. The van der Waals surface area contributed by atoms with Gasteiger partial charge in [-0.15, -0.1) is 0 Å². The molecule has 120 valence electrons. The average molecular weight is 305 g/mol. The largest absolute Gasteiger partial charge is 0.494 e. The lowest BCUT2D eigenvalue weighted by molar-refractivity contribution is -0.129. The van der Waals surface area contributed by atoms with Crippen molar-refractivity contribution in [3.05, 3.63) is 29.8 Å². The summed E-state index contributed by atoms with van der Waals surface area (Å²) in [6.45, 7) is 4.35. The highest BCUT2D eigenvalue weighted by Gasteiger charge is 2.27. The second kappa shape index (κ2) is 7.82. The fraction of sp³-hybridized carbons (Fsp3) is 0.529. The third kappa shape index (κ3) is 5.06. The molecule has 0 aliphatic heterocycles. The highest BCUT2D eigenvalue weighted by atomic mass is 16.5. The van der Waals surface area contributed by atoms with E-state index in [1.807, 2.05) is 0 Å². The summed E-state index contributed by atoms with van der Waals surface area (Å²) in [5.74, 6) is -0.0153. The normalized spacial score (nSPS) is 15.0. The van der Waals surface area contributed by atoms with Crippen molar-refractivity contribution in [2.24, 2.45) is 0 Å². The summed E-state index contributed by atoms with van der Waals surface area (Å²) in [6.07, 6.45) is 3.30. The van der Waals surface area contributed by atoms with E-state index in [1.54, 1.807) is 31.2 Å². The van der Waals surface area contributed by atoms with E-state index >= 15 is 0 Å². The van der Waals surface area contributed by atoms with Crippen LogP contribution < -0.4 is 10.1 Å². The monoisotopic (exact) mass is 305 g/mol. The number of nitrogens with one attached hydrogen (secondary N) is 1. The summed E-state index contributed by atoms with van der Waals surface area (Å²) in [5, 5.41) is 2.81. The molecule has 1 saturated carbocycles. The lowest BCUT2D eigenvalue weighted by Crippen LogP contribution is -2.37. The number of benzene rings is 1. The van der Waals surface area contributed by atoms with E-state index in [1.165, 1.54) is 0 Å². The van der Waals surface area contributed by atoms with Crippen LogP contribution in [0.3, 0.4) is 0 Å². The molecule has 0 unspecified atom stereocenters. The highest BCUT2D eigenvalue weighted by Crippen LogP contribution is 2.19. The Hall–Kier alpha value is -2.04. The van der Waals surface area contributed by atoms with Gasteiger partial charge in [-0.2, -0.15) is 0 Å². The van der Waals surface area contributed by atoms with Crippen molar-refractivity contribution in [2.45, 2.75) is 51.7 Å². The number of amides is 1. The van der Waals surface area contributed by atoms with Gasteiger partial charge in [0, 0.05) is 6.04 Å². The van der Waals surface area contributed by atoms with Crippen molar-refractivity contribution in [3.63, 3.8) is 0 Å². The maximum absolute atomic E-state index is 12.0. The summed E-state index contributed by atoms with van der Waals surface area (Å²) < 4.78 is 10.7. The first-order valence-electron chi connectivity index (χ1n) is 7.84. The summed E-state index contributed by atoms with van der Waals surface area (Å²) in [5.41, 5.74) is 0.411. The lowest BCUT2D eigenvalue weighted by atomic mass is 10.2. The average Bonchev–Trinajstić information content (AvgIpc) is 3.32. The van der Waals surface area contributed by atoms with Gasteiger partial charge in [0.15, 0.2) is 6.10 Å². The first-order chi connectivity index (χ1) is 10.6. The Labute approximate surface area is 131 Å². The minimum atomic E-state index is -0.784. The van der Waals surface area contributed by atoms with Crippen LogP contribution in [0.25, 0.3) is 0 Å². The lowest BCUT2D eigenvalue weighted by Gasteiger charge is -2.13. The van der Waals surface area contributed by atoms with E-state index in [-0.39, 0.29) is 11.9 Å². The van der Waals surface area contributed by atoms with Gasteiger partial charge in [0.2, 0.25) is 0 Å². The zero-order valence-electron chi connectivity index (χ0n) is 13.1. The van der Waals surface area contributed by atoms with Crippen molar-refractivity contribution in [3.8, 4) is 5.75 Å². The smallest absolute Gasteiger partial charge is 0.338 e. The van der Waals surface area contributed by atoms with Gasteiger partial charge in [-0.05, 0) is 50.5 Å². The first kappa shape index (κ1) is 16.3. The Morgan fingerprint density at radius 3 is 2.55 bits per heavy atom. The number of unbranched alkanes of at least 4 members (excludes halogenated alkanes) is 1. The van der Waals surface area contributed by atoms with Crippen LogP contribution in [-0.4, -0.2) is 30.6 Å². The maximum atomic E-state index is 12.0. The number of carbonyl (C=O) groups is 2. The number of esters is 1. The summed E-state index contributed by atoms with van der Waals surface area (Å²) >= 11 is 0. The van der Waals surface area contributed by atoms with Crippen molar-refractivity contribution in [1.82, 2.24) is 5.32 Å². The zero-order chi connectivity index (χ0) is 15.9. The molecule has 1 atom stereocenters. The van der Waals surface area contributed by atoms with Crippen molar-refractivity contribution < 1.29 is 19.1 Å². The second-order valence-corrected chi connectivity index (χ2v) is 5.56. The van der Waals surface area contributed by atoms with Crippen LogP contribution in [0.2, 0.25) is 0 Å². The van der Waals surface area contributed by atoms with Crippen LogP contribution >= 0.6 is 0 Å². The third-order valence-corrected chi connectivity index (χ3v) is 3.43. The van der Waals surface area contributed by atoms with E-state index in [9.17, 15) is 9.59 Å². The highest BCUT2D eigenvalue weighted by molar-refractivity contribution is 5.92. The van der Waals surface area contributed by atoms with Gasteiger partial charge >= 0.3 is 5.97 Å². The molecule has 0 heterocycles. The van der Waals surface area contributed by atoms with Crippen molar-refractivity contribution in [2.75, 3.05) is 6.61 Å². The zero-order valence-corrected chi connectivity index (χ0v) is 13.1. The molecule has 5 heteroatoms. The SMILES string of the molecule is CCCCOc1ccc(C(=O)O[C@H](C)C(=O)NC2CC2)cc1.